The Morgan fingerprint density at radius 1 is 1.29 bits per heavy atom. The van der Waals surface area contributed by atoms with Crippen molar-refractivity contribution in [3.63, 3.8) is 0 Å². The molecule has 0 radical (unpaired) electrons. The highest BCUT2D eigenvalue weighted by Gasteiger charge is 2.21. The first-order valence-corrected chi connectivity index (χ1v) is 6.64. The Kier molecular flexibility index (Phi) is 3.21. The van der Waals surface area contributed by atoms with Crippen LogP contribution >= 0.6 is 0 Å². The van der Waals surface area contributed by atoms with Crippen LogP contribution in [0.5, 0.6) is 0 Å². The van der Waals surface area contributed by atoms with Crippen molar-refractivity contribution in [1.82, 2.24) is 14.9 Å². The van der Waals surface area contributed by atoms with Crippen LogP contribution in [0.2, 0.25) is 0 Å². The maximum Gasteiger partial charge on any atom is 0.230 e. The minimum absolute atomic E-state index is 0.211. The van der Waals surface area contributed by atoms with Gasteiger partial charge in [0.25, 0.3) is 0 Å². The zero-order valence-electron chi connectivity index (χ0n) is 11.8. The van der Waals surface area contributed by atoms with E-state index >= 15 is 0 Å². The van der Waals surface area contributed by atoms with Crippen LogP contribution < -0.4 is 5.73 Å². The normalized spacial score (nSPS) is 11.0. The van der Waals surface area contributed by atoms with Crippen LogP contribution in [0.4, 0.5) is 10.3 Å². The van der Waals surface area contributed by atoms with Gasteiger partial charge < -0.3 is 10.3 Å². The SMILES string of the molecule is CCc1nn(C)cc1-c1noc(N)c1-c1ccc(F)cc1. The van der Waals surface area contributed by atoms with Gasteiger partial charge in [-0.25, -0.2) is 4.39 Å². The van der Waals surface area contributed by atoms with Crippen LogP contribution in [0.25, 0.3) is 22.4 Å². The zero-order valence-corrected chi connectivity index (χ0v) is 11.8. The van der Waals surface area contributed by atoms with Crippen molar-refractivity contribution >= 4 is 5.88 Å². The summed E-state index contributed by atoms with van der Waals surface area (Å²) in [5, 5.41) is 8.46. The molecule has 21 heavy (non-hydrogen) atoms. The molecule has 2 N–H and O–H groups in total. The van der Waals surface area contributed by atoms with Crippen LogP contribution in [-0.4, -0.2) is 14.9 Å². The summed E-state index contributed by atoms with van der Waals surface area (Å²) in [6.45, 7) is 2.02. The van der Waals surface area contributed by atoms with Crippen molar-refractivity contribution in [2.24, 2.45) is 7.05 Å². The maximum absolute atomic E-state index is 13.1. The van der Waals surface area contributed by atoms with Crippen LogP contribution in [0.1, 0.15) is 12.6 Å². The van der Waals surface area contributed by atoms with E-state index in [0.29, 0.717) is 11.3 Å². The van der Waals surface area contributed by atoms with E-state index in [2.05, 4.69) is 10.3 Å². The lowest BCUT2D eigenvalue weighted by Gasteiger charge is -2.02. The van der Waals surface area contributed by atoms with E-state index < -0.39 is 0 Å². The molecule has 2 heterocycles. The van der Waals surface area contributed by atoms with E-state index in [0.717, 1.165) is 23.2 Å². The smallest absolute Gasteiger partial charge is 0.230 e. The van der Waals surface area contributed by atoms with Crippen LogP contribution in [0.3, 0.4) is 0 Å². The molecule has 0 spiro atoms. The van der Waals surface area contributed by atoms with Crippen molar-refractivity contribution < 1.29 is 8.91 Å². The fourth-order valence-corrected chi connectivity index (χ4v) is 2.38. The third kappa shape index (κ3) is 2.29. The number of nitrogens with two attached hydrogens (primary N) is 1. The molecule has 0 fully saturated rings. The largest absolute Gasteiger partial charge is 0.367 e. The molecule has 0 bridgehead atoms. The molecule has 0 saturated carbocycles. The van der Waals surface area contributed by atoms with Gasteiger partial charge in [-0.05, 0) is 24.1 Å². The molecule has 108 valence electrons. The Hall–Kier alpha value is -2.63. The summed E-state index contributed by atoms with van der Waals surface area (Å²) < 4.78 is 20.0. The predicted molar refractivity (Wildman–Crippen MR) is 77.9 cm³/mol. The predicted octanol–water partition coefficient (Wildman–Crippen LogP) is 3.03. The molecule has 0 aliphatic carbocycles. The maximum atomic E-state index is 13.1. The minimum Gasteiger partial charge on any atom is -0.367 e. The Bertz CT molecular complexity index is 774. The highest BCUT2D eigenvalue weighted by atomic mass is 19.1. The first-order valence-electron chi connectivity index (χ1n) is 6.64. The van der Waals surface area contributed by atoms with E-state index in [4.69, 9.17) is 10.3 Å². The Labute approximate surface area is 121 Å². The topological polar surface area (TPSA) is 69.9 Å². The van der Waals surface area contributed by atoms with Gasteiger partial charge in [0.05, 0.1) is 11.3 Å². The molecule has 0 saturated heterocycles. The summed E-state index contributed by atoms with van der Waals surface area (Å²) in [4.78, 5) is 0. The number of rotatable bonds is 3. The van der Waals surface area contributed by atoms with E-state index in [9.17, 15) is 4.39 Å². The number of aryl methyl sites for hydroxylation is 2. The summed E-state index contributed by atoms with van der Waals surface area (Å²) in [5.74, 6) is -0.0894. The highest BCUT2D eigenvalue weighted by Crippen LogP contribution is 2.37. The monoisotopic (exact) mass is 286 g/mol. The molecule has 0 aliphatic heterocycles. The lowest BCUT2D eigenvalue weighted by atomic mass is 10.0. The summed E-state index contributed by atoms with van der Waals surface area (Å²) in [5.41, 5.74) is 9.74. The number of nitrogens with zero attached hydrogens (tertiary/aromatic N) is 3. The number of aromatic nitrogens is 3. The molecule has 3 rings (SSSR count). The van der Waals surface area contributed by atoms with Gasteiger partial charge in [0.2, 0.25) is 5.88 Å². The number of anilines is 1. The van der Waals surface area contributed by atoms with Crippen LogP contribution in [0, 0.1) is 5.82 Å². The van der Waals surface area contributed by atoms with E-state index in [1.807, 2.05) is 20.2 Å². The molecule has 0 unspecified atom stereocenters. The third-order valence-corrected chi connectivity index (χ3v) is 3.35. The Morgan fingerprint density at radius 2 is 2.00 bits per heavy atom. The number of benzene rings is 1. The molecular weight excluding hydrogens is 271 g/mol. The fraction of sp³-hybridized carbons (Fsp3) is 0.200. The van der Waals surface area contributed by atoms with Crippen molar-refractivity contribution in [1.29, 1.82) is 0 Å². The second kappa shape index (κ2) is 5.05. The van der Waals surface area contributed by atoms with Crippen molar-refractivity contribution in [2.45, 2.75) is 13.3 Å². The molecule has 1 aromatic carbocycles. The second-order valence-corrected chi connectivity index (χ2v) is 4.79. The van der Waals surface area contributed by atoms with Gasteiger partial charge in [-0.1, -0.05) is 24.2 Å². The van der Waals surface area contributed by atoms with E-state index in [1.165, 1.54) is 12.1 Å². The second-order valence-electron chi connectivity index (χ2n) is 4.79. The molecule has 6 heteroatoms. The fourth-order valence-electron chi connectivity index (χ4n) is 2.38. The van der Waals surface area contributed by atoms with Gasteiger partial charge in [-0.15, -0.1) is 0 Å². The molecule has 5 nitrogen and oxygen atoms in total. The van der Waals surface area contributed by atoms with Gasteiger partial charge in [0, 0.05) is 18.8 Å². The average Bonchev–Trinajstić information content (AvgIpc) is 3.02. The first-order chi connectivity index (χ1) is 10.1. The van der Waals surface area contributed by atoms with Gasteiger partial charge in [-0.3, -0.25) is 4.68 Å². The van der Waals surface area contributed by atoms with Gasteiger partial charge in [-0.2, -0.15) is 5.10 Å². The molecule has 2 aromatic heterocycles. The summed E-state index contributed by atoms with van der Waals surface area (Å²) in [6, 6.07) is 6.08. The van der Waals surface area contributed by atoms with E-state index in [-0.39, 0.29) is 11.7 Å². The molecule has 0 atom stereocenters. The Morgan fingerprint density at radius 3 is 2.67 bits per heavy atom. The molecule has 3 aromatic rings. The average molecular weight is 286 g/mol. The number of nitrogen functional groups attached to an aromatic ring is 1. The number of hydrogen-bond donors (Lipinski definition) is 1. The summed E-state index contributed by atoms with van der Waals surface area (Å²) >= 11 is 0. The van der Waals surface area contributed by atoms with Gasteiger partial charge in [0.15, 0.2) is 0 Å². The standard InChI is InChI=1S/C15H15FN4O/c1-3-12-11(8-20(2)18-12)14-13(15(17)21-19-14)9-4-6-10(16)7-5-9/h4-8H,3,17H2,1-2H3. The van der Waals surface area contributed by atoms with Crippen molar-refractivity contribution in [2.75, 3.05) is 5.73 Å². The van der Waals surface area contributed by atoms with Gasteiger partial charge in [0.1, 0.15) is 11.5 Å². The van der Waals surface area contributed by atoms with Crippen molar-refractivity contribution in [3.8, 4) is 22.4 Å². The zero-order chi connectivity index (χ0) is 15.0. The first kappa shape index (κ1) is 13.4. The van der Waals surface area contributed by atoms with E-state index in [1.54, 1.807) is 16.8 Å². The molecule has 0 amide bonds. The van der Waals surface area contributed by atoms with Gasteiger partial charge >= 0.3 is 0 Å². The highest BCUT2D eigenvalue weighted by molar-refractivity contribution is 5.87. The molecule has 0 aliphatic rings. The Balaban J connectivity index is 2.19. The third-order valence-electron chi connectivity index (χ3n) is 3.35. The lowest BCUT2D eigenvalue weighted by molar-refractivity contribution is 0.439. The lowest BCUT2D eigenvalue weighted by Crippen LogP contribution is -1.90. The number of halogens is 1. The minimum atomic E-state index is -0.300. The quantitative estimate of drug-likeness (QED) is 0.803. The van der Waals surface area contributed by atoms with Crippen molar-refractivity contribution in [3.05, 3.63) is 42.0 Å². The van der Waals surface area contributed by atoms with Crippen LogP contribution in [-0.2, 0) is 13.5 Å². The molecular formula is C15H15FN4O. The van der Waals surface area contributed by atoms with Crippen LogP contribution in [0.15, 0.2) is 35.0 Å². The number of hydrogen-bond acceptors (Lipinski definition) is 4. The summed E-state index contributed by atoms with van der Waals surface area (Å²) in [7, 11) is 1.85. The summed E-state index contributed by atoms with van der Waals surface area (Å²) in [6.07, 6.45) is 2.65.